The highest BCUT2D eigenvalue weighted by molar-refractivity contribution is 5.84. The van der Waals surface area contributed by atoms with E-state index < -0.39 is 51.9 Å². The van der Waals surface area contributed by atoms with E-state index in [4.69, 9.17) is 0 Å². The number of benzene rings is 4. The zero-order valence-electron chi connectivity index (χ0n) is 19.0. The predicted octanol–water partition coefficient (Wildman–Crippen LogP) is 9.43. The smallest absolute Gasteiger partial charge is 0.172 e. The lowest BCUT2D eigenvalue weighted by atomic mass is 9.97. The minimum absolute atomic E-state index is 0.142. The van der Waals surface area contributed by atoms with Crippen LogP contribution in [-0.2, 0) is 6.42 Å². The summed E-state index contributed by atoms with van der Waals surface area (Å²) in [6.45, 7) is 2.06. The van der Waals surface area contributed by atoms with Gasteiger partial charge in [0.05, 0.1) is 5.56 Å². The first kappa shape index (κ1) is 25.2. The Morgan fingerprint density at radius 1 is 0.556 bits per heavy atom. The van der Waals surface area contributed by atoms with Gasteiger partial charge in [-0.25, -0.2) is 30.7 Å². The van der Waals surface area contributed by atoms with E-state index in [1.54, 1.807) is 6.07 Å². The second kappa shape index (κ2) is 10.4. The van der Waals surface area contributed by atoms with Crippen LogP contribution in [0.2, 0.25) is 0 Å². The molecule has 36 heavy (non-hydrogen) atoms. The summed E-state index contributed by atoms with van der Waals surface area (Å²) in [6, 6.07) is 14.7. The fraction of sp³-hybridized carbons (Fsp3) is 0.103. The van der Waals surface area contributed by atoms with E-state index in [1.165, 1.54) is 12.1 Å². The first-order valence-electron chi connectivity index (χ1n) is 11.1. The zero-order chi connectivity index (χ0) is 26.0. The van der Waals surface area contributed by atoms with Crippen molar-refractivity contribution in [3.05, 3.63) is 119 Å². The van der Waals surface area contributed by atoms with Crippen LogP contribution in [0.1, 0.15) is 30.0 Å². The number of hydrogen-bond acceptors (Lipinski definition) is 0. The van der Waals surface area contributed by atoms with E-state index >= 15 is 0 Å². The summed E-state index contributed by atoms with van der Waals surface area (Å²) in [7, 11) is 0. The van der Waals surface area contributed by atoms with Gasteiger partial charge >= 0.3 is 0 Å². The summed E-state index contributed by atoms with van der Waals surface area (Å²) in [5.74, 6) is -10.2. The summed E-state index contributed by atoms with van der Waals surface area (Å²) in [5, 5.41) is 0. The standard InChI is InChI=1S/C29H19F7/c1-2-3-16-4-6-17(7-5-16)18-8-10-21(23(31)12-18)20-14-25(33)27(26(34)15-20)29(36)28(35)19-9-11-22(30)24(32)13-19/h4-15H,2-3H2,1H3. The predicted molar refractivity (Wildman–Crippen MR) is 127 cm³/mol. The van der Waals surface area contributed by atoms with Crippen molar-refractivity contribution in [2.45, 2.75) is 19.8 Å². The van der Waals surface area contributed by atoms with Gasteiger partial charge in [0.15, 0.2) is 23.3 Å². The molecule has 7 heteroatoms. The molecular formula is C29H19F7. The SMILES string of the molecule is CCCc1ccc(-c2ccc(-c3cc(F)c(C(F)=C(F)c4ccc(F)c(F)c4)c(F)c3)c(F)c2)cc1. The summed E-state index contributed by atoms with van der Waals surface area (Å²) in [5.41, 5.74) is 0.0103. The van der Waals surface area contributed by atoms with Crippen LogP contribution < -0.4 is 0 Å². The monoisotopic (exact) mass is 500 g/mol. The molecule has 0 unspecified atom stereocenters. The van der Waals surface area contributed by atoms with Gasteiger partial charge in [-0.3, -0.25) is 0 Å². The van der Waals surface area contributed by atoms with Crippen LogP contribution in [0.15, 0.2) is 72.8 Å². The molecule has 4 aromatic rings. The van der Waals surface area contributed by atoms with Gasteiger partial charge in [-0.05, 0) is 65.1 Å². The summed E-state index contributed by atoms with van der Waals surface area (Å²) >= 11 is 0. The van der Waals surface area contributed by atoms with Crippen molar-refractivity contribution >= 4 is 11.7 Å². The molecule has 0 atom stereocenters. The largest absolute Gasteiger partial charge is 0.206 e. The topological polar surface area (TPSA) is 0 Å². The van der Waals surface area contributed by atoms with Crippen LogP contribution in [0.3, 0.4) is 0 Å². The molecule has 0 amide bonds. The van der Waals surface area contributed by atoms with Crippen molar-refractivity contribution in [3.8, 4) is 22.3 Å². The highest BCUT2D eigenvalue weighted by Crippen LogP contribution is 2.36. The molecule has 0 aliphatic rings. The first-order valence-corrected chi connectivity index (χ1v) is 11.1. The molecular weight excluding hydrogens is 481 g/mol. The van der Waals surface area contributed by atoms with E-state index in [1.807, 2.05) is 24.3 Å². The van der Waals surface area contributed by atoms with E-state index in [2.05, 4.69) is 6.92 Å². The van der Waals surface area contributed by atoms with Gasteiger partial charge in [0, 0.05) is 11.1 Å². The minimum atomic E-state index is -1.94. The fourth-order valence-corrected chi connectivity index (χ4v) is 3.89. The van der Waals surface area contributed by atoms with E-state index in [0.29, 0.717) is 29.8 Å². The summed E-state index contributed by atoms with van der Waals surface area (Å²) < 4.78 is 99.8. The Balaban J connectivity index is 1.68. The molecule has 0 saturated carbocycles. The van der Waals surface area contributed by atoms with Crippen molar-refractivity contribution in [2.24, 2.45) is 0 Å². The van der Waals surface area contributed by atoms with Gasteiger partial charge in [-0.2, -0.15) is 0 Å². The molecule has 0 aliphatic heterocycles. The Kier molecular flexibility index (Phi) is 7.29. The third kappa shape index (κ3) is 5.05. The van der Waals surface area contributed by atoms with Gasteiger partial charge in [0.1, 0.15) is 17.5 Å². The molecule has 4 rings (SSSR count). The van der Waals surface area contributed by atoms with Crippen LogP contribution in [0.5, 0.6) is 0 Å². The minimum Gasteiger partial charge on any atom is -0.206 e. The van der Waals surface area contributed by atoms with Crippen molar-refractivity contribution in [1.82, 2.24) is 0 Å². The summed E-state index contributed by atoms with van der Waals surface area (Å²) in [6.07, 6.45) is 1.91. The highest BCUT2D eigenvalue weighted by atomic mass is 19.2. The number of aryl methyl sites for hydroxylation is 1. The van der Waals surface area contributed by atoms with Crippen molar-refractivity contribution in [1.29, 1.82) is 0 Å². The Morgan fingerprint density at radius 2 is 1.17 bits per heavy atom. The lowest BCUT2D eigenvalue weighted by molar-refractivity contribution is 0.507. The Hall–Kier alpha value is -3.87. The molecule has 0 saturated heterocycles. The molecule has 0 aliphatic carbocycles. The molecule has 0 fully saturated rings. The Labute approximate surface area is 203 Å². The average molecular weight is 500 g/mol. The molecule has 0 nitrogen and oxygen atoms in total. The maximum Gasteiger partial charge on any atom is 0.172 e. The molecule has 4 aromatic carbocycles. The molecule has 0 spiro atoms. The van der Waals surface area contributed by atoms with Gasteiger partial charge in [0.25, 0.3) is 0 Å². The van der Waals surface area contributed by atoms with Crippen LogP contribution in [0, 0.1) is 29.1 Å². The van der Waals surface area contributed by atoms with Crippen LogP contribution in [-0.4, -0.2) is 0 Å². The molecule has 0 radical (unpaired) electrons. The average Bonchev–Trinajstić information content (AvgIpc) is 2.85. The first-order chi connectivity index (χ1) is 17.2. The van der Waals surface area contributed by atoms with Gasteiger partial charge < -0.3 is 0 Å². The molecule has 0 aromatic heterocycles. The van der Waals surface area contributed by atoms with Crippen molar-refractivity contribution in [2.75, 3.05) is 0 Å². The lowest BCUT2D eigenvalue weighted by Gasteiger charge is -2.11. The fourth-order valence-electron chi connectivity index (χ4n) is 3.89. The van der Waals surface area contributed by atoms with Crippen molar-refractivity contribution < 1.29 is 30.7 Å². The highest BCUT2D eigenvalue weighted by Gasteiger charge is 2.22. The van der Waals surface area contributed by atoms with Crippen LogP contribution >= 0.6 is 0 Å². The van der Waals surface area contributed by atoms with Gasteiger partial charge in [-0.15, -0.1) is 0 Å². The van der Waals surface area contributed by atoms with Gasteiger partial charge in [0.2, 0.25) is 0 Å². The Morgan fingerprint density at radius 3 is 1.75 bits per heavy atom. The third-order valence-corrected chi connectivity index (χ3v) is 5.73. The van der Waals surface area contributed by atoms with E-state index in [9.17, 15) is 30.7 Å². The number of halogens is 7. The van der Waals surface area contributed by atoms with Crippen LogP contribution in [0.4, 0.5) is 30.7 Å². The van der Waals surface area contributed by atoms with E-state index in [0.717, 1.165) is 30.0 Å². The second-order valence-corrected chi connectivity index (χ2v) is 8.21. The summed E-state index contributed by atoms with van der Waals surface area (Å²) in [4.78, 5) is 0. The quantitative estimate of drug-likeness (QED) is 0.183. The molecule has 0 bridgehead atoms. The molecule has 0 N–H and O–H groups in total. The maximum absolute atomic E-state index is 14.9. The molecule has 0 heterocycles. The van der Waals surface area contributed by atoms with Gasteiger partial charge in [-0.1, -0.05) is 49.7 Å². The zero-order valence-corrected chi connectivity index (χ0v) is 19.0. The second-order valence-electron chi connectivity index (χ2n) is 8.21. The van der Waals surface area contributed by atoms with Crippen molar-refractivity contribution in [3.63, 3.8) is 0 Å². The lowest BCUT2D eigenvalue weighted by Crippen LogP contribution is -1.97. The van der Waals surface area contributed by atoms with Crippen LogP contribution in [0.25, 0.3) is 33.9 Å². The molecule has 184 valence electrons. The van der Waals surface area contributed by atoms with E-state index in [-0.39, 0.29) is 11.1 Å². The third-order valence-electron chi connectivity index (χ3n) is 5.73. The number of hydrogen-bond donors (Lipinski definition) is 0. The maximum atomic E-state index is 14.9. The Bertz CT molecular complexity index is 1430. The normalized spacial score (nSPS) is 12.0. The number of rotatable bonds is 6.